The molecular formula is C8H5F2IN2. The average Bonchev–Trinajstić information content (AvgIpc) is 2.01. The maximum Gasteiger partial charge on any atom is 0.266 e. The predicted octanol–water partition coefficient (Wildman–Crippen LogP) is 2.80. The number of hydrogen-bond acceptors (Lipinski definition) is 2. The molecule has 0 aromatic carbocycles. The van der Waals surface area contributed by atoms with Crippen LogP contribution in [0.2, 0.25) is 0 Å². The van der Waals surface area contributed by atoms with Crippen molar-refractivity contribution in [3.8, 4) is 6.07 Å². The van der Waals surface area contributed by atoms with Gasteiger partial charge in [-0.3, -0.25) is 0 Å². The molecule has 68 valence electrons. The van der Waals surface area contributed by atoms with Crippen LogP contribution in [-0.2, 0) is 0 Å². The van der Waals surface area contributed by atoms with Crippen LogP contribution in [-0.4, -0.2) is 4.98 Å². The standard InChI is InChI=1S/C8H5F2IN2/c1-4-2-6(11)13-5(3-12)7(4)8(9)10/h2,8H,1H3. The Morgan fingerprint density at radius 1 is 1.62 bits per heavy atom. The van der Waals surface area contributed by atoms with Crippen molar-refractivity contribution in [1.29, 1.82) is 5.26 Å². The molecular weight excluding hydrogens is 289 g/mol. The Bertz CT molecular complexity index is 371. The number of hydrogen-bond donors (Lipinski definition) is 0. The normalized spacial score (nSPS) is 10.2. The molecule has 1 rings (SSSR count). The van der Waals surface area contributed by atoms with Crippen LogP contribution in [0.3, 0.4) is 0 Å². The van der Waals surface area contributed by atoms with Gasteiger partial charge in [-0.05, 0) is 41.1 Å². The summed E-state index contributed by atoms with van der Waals surface area (Å²) >= 11 is 1.89. The highest BCUT2D eigenvalue weighted by Crippen LogP contribution is 2.25. The van der Waals surface area contributed by atoms with E-state index in [1.807, 2.05) is 22.6 Å². The van der Waals surface area contributed by atoms with Crippen LogP contribution < -0.4 is 0 Å². The van der Waals surface area contributed by atoms with Gasteiger partial charge >= 0.3 is 0 Å². The number of rotatable bonds is 1. The molecule has 0 saturated carbocycles. The molecule has 0 radical (unpaired) electrons. The zero-order valence-electron chi connectivity index (χ0n) is 6.68. The fraction of sp³-hybridized carbons (Fsp3) is 0.250. The second kappa shape index (κ2) is 3.96. The van der Waals surface area contributed by atoms with Crippen molar-refractivity contribution >= 4 is 22.6 Å². The van der Waals surface area contributed by atoms with E-state index in [0.717, 1.165) is 0 Å². The van der Waals surface area contributed by atoms with E-state index >= 15 is 0 Å². The maximum absolute atomic E-state index is 12.4. The van der Waals surface area contributed by atoms with Crippen LogP contribution >= 0.6 is 22.6 Å². The summed E-state index contributed by atoms with van der Waals surface area (Å²) in [6, 6.07) is 3.19. The first-order valence-corrected chi connectivity index (χ1v) is 4.49. The Morgan fingerprint density at radius 2 is 2.23 bits per heavy atom. The largest absolute Gasteiger partial charge is 0.266 e. The number of aryl methyl sites for hydroxylation is 1. The highest BCUT2D eigenvalue weighted by Gasteiger charge is 2.17. The molecule has 0 spiro atoms. The Morgan fingerprint density at radius 3 is 2.69 bits per heavy atom. The van der Waals surface area contributed by atoms with Crippen molar-refractivity contribution in [2.24, 2.45) is 0 Å². The van der Waals surface area contributed by atoms with Crippen LogP contribution in [0.15, 0.2) is 6.07 Å². The summed E-state index contributed by atoms with van der Waals surface area (Å²) in [5.41, 5.74) is -0.0340. The van der Waals surface area contributed by atoms with Gasteiger partial charge in [-0.1, -0.05) is 0 Å². The van der Waals surface area contributed by atoms with Crippen molar-refractivity contribution in [1.82, 2.24) is 4.98 Å². The highest BCUT2D eigenvalue weighted by molar-refractivity contribution is 14.1. The second-order valence-electron chi connectivity index (χ2n) is 2.44. The molecule has 0 aliphatic heterocycles. The van der Waals surface area contributed by atoms with Crippen LogP contribution in [0.4, 0.5) is 8.78 Å². The number of aromatic nitrogens is 1. The lowest BCUT2D eigenvalue weighted by Gasteiger charge is -2.05. The Labute approximate surface area is 87.7 Å². The predicted molar refractivity (Wildman–Crippen MR) is 51.4 cm³/mol. The maximum atomic E-state index is 12.4. The molecule has 0 aliphatic carbocycles. The molecule has 0 amide bonds. The molecule has 2 nitrogen and oxygen atoms in total. The monoisotopic (exact) mass is 294 g/mol. The van der Waals surface area contributed by atoms with E-state index in [4.69, 9.17) is 5.26 Å². The lowest BCUT2D eigenvalue weighted by molar-refractivity contribution is 0.149. The zero-order chi connectivity index (χ0) is 10.0. The number of halogens is 3. The van der Waals surface area contributed by atoms with Gasteiger partial charge in [0.25, 0.3) is 6.43 Å². The number of pyridine rings is 1. The number of nitrogens with zero attached hydrogens (tertiary/aromatic N) is 2. The van der Waals surface area contributed by atoms with Crippen LogP contribution in [0.5, 0.6) is 0 Å². The summed E-state index contributed by atoms with van der Waals surface area (Å²) in [6.45, 7) is 1.55. The zero-order valence-corrected chi connectivity index (χ0v) is 8.84. The van der Waals surface area contributed by atoms with Gasteiger partial charge in [0, 0.05) is 0 Å². The molecule has 0 aliphatic rings. The second-order valence-corrected chi connectivity index (χ2v) is 3.54. The minimum absolute atomic E-state index is 0.181. The molecule has 1 aromatic rings. The minimum atomic E-state index is -2.64. The third kappa shape index (κ3) is 2.12. The summed E-state index contributed by atoms with van der Waals surface area (Å²) in [7, 11) is 0. The lowest BCUT2D eigenvalue weighted by Crippen LogP contribution is -1.99. The fourth-order valence-electron chi connectivity index (χ4n) is 1.00. The molecule has 0 fully saturated rings. The highest BCUT2D eigenvalue weighted by atomic mass is 127. The van der Waals surface area contributed by atoms with Gasteiger partial charge in [-0.15, -0.1) is 0 Å². The van der Waals surface area contributed by atoms with Gasteiger partial charge in [0.05, 0.1) is 5.56 Å². The molecule has 0 atom stereocenters. The van der Waals surface area contributed by atoms with Gasteiger partial charge in [0.1, 0.15) is 9.77 Å². The molecule has 0 saturated heterocycles. The fourth-order valence-corrected chi connectivity index (χ4v) is 1.71. The van der Waals surface area contributed by atoms with E-state index in [1.54, 1.807) is 13.0 Å². The topological polar surface area (TPSA) is 36.7 Å². The van der Waals surface area contributed by atoms with Crippen LogP contribution in [0.25, 0.3) is 0 Å². The Kier molecular flexibility index (Phi) is 3.14. The summed E-state index contributed by atoms with van der Waals surface area (Å²) in [5, 5.41) is 8.57. The molecule has 1 heterocycles. The third-order valence-corrected chi connectivity index (χ3v) is 2.11. The minimum Gasteiger partial charge on any atom is -0.231 e. The summed E-state index contributed by atoms with van der Waals surface area (Å²) in [5.74, 6) is 0. The number of alkyl halides is 2. The van der Waals surface area contributed by atoms with Gasteiger partial charge in [-0.25, -0.2) is 13.8 Å². The smallest absolute Gasteiger partial charge is 0.231 e. The van der Waals surface area contributed by atoms with Crippen molar-refractivity contribution in [2.75, 3.05) is 0 Å². The van der Waals surface area contributed by atoms with Crippen molar-refractivity contribution < 1.29 is 8.78 Å². The van der Waals surface area contributed by atoms with Gasteiger partial charge in [0.2, 0.25) is 0 Å². The first kappa shape index (κ1) is 10.3. The van der Waals surface area contributed by atoms with Crippen LogP contribution in [0, 0.1) is 22.0 Å². The van der Waals surface area contributed by atoms with Gasteiger partial charge in [-0.2, -0.15) is 5.26 Å². The first-order valence-electron chi connectivity index (χ1n) is 3.41. The van der Waals surface area contributed by atoms with E-state index in [9.17, 15) is 8.78 Å². The van der Waals surface area contributed by atoms with E-state index in [1.165, 1.54) is 6.07 Å². The molecule has 5 heteroatoms. The van der Waals surface area contributed by atoms with Crippen molar-refractivity contribution in [3.05, 3.63) is 26.6 Å². The summed E-state index contributed by atoms with van der Waals surface area (Å²) in [4.78, 5) is 3.72. The van der Waals surface area contributed by atoms with E-state index in [2.05, 4.69) is 4.98 Å². The van der Waals surface area contributed by atoms with Gasteiger partial charge < -0.3 is 0 Å². The lowest BCUT2D eigenvalue weighted by atomic mass is 10.1. The van der Waals surface area contributed by atoms with Crippen molar-refractivity contribution in [3.63, 3.8) is 0 Å². The summed E-state index contributed by atoms with van der Waals surface area (Å²) in [6.07, 6.45) is -2.64. The molecule has 0 bridgehead atoms. The molecule has 13 heavy (non-hydrogen) atoms. The Hall–Kier alpha value is -0.770. The molecule has 0 N–H and O–H groups in total. The molecule has 1 aromatic heterocycles. The van der Waals surface area contributed by atoms with Gasteiger partial charge in [0.15, 0.2) is 5.69 Å². The SMILES string of the molecule is Cc1cc(I)nc(C#N)c1C(F)F. The van der Waals surface area contributed by atoms with E-state index in [0.29, 0.717) is 9.26 Å². The third-order valence-electron chi connectivity index (χ3n) is 1.56. The first-order chi connectivity index (χ1) is 6.06. The van der Waals surface area contributed by atoms with E-state index < -0.39 is 6.43 Å². The Balaban J connectivity index is 3.41. The number of nitriles is 1. The van der Waals surface area contributed by atoms with Crippen molar-refractivity contribution in [2.45, 2.75) is 13.3 Å². The van der Waals surface area contributed by atoms with Crippen LogP contribution in [0.1, 0.15) is 23.2 Å². The molecule has 0 unspecified atom stereocenters. The summed E-state index contributed by atoms with van der Waals surface area (Å²) < 4.78 is 25.4. The average molecular weight is 294 g/mol. The quantitative estimate of drug-likeness (QED) is 0.590. The van der Waals surface area contributed by atoms with E-state index in [-0.39, 0.29) is 11.3 Å².